The van der Waals surface area contributed by atoms with E-state index in [2.05, 4.69) is 10.0 Å². The van der Waals surface area contributed by atoms with Crippen molar-refractivity contribution in [2.24, 2.45) is 5.11 Å². The van der Waals surface area contributed by atoms with Crippen molar-refractivity contribution in [1.29, 1.82) is 0 Å². The highest BCUT2D eigenvalue weighted by Gasteiger charge is 2.01. The summed E-state index contributed by atoms with van der Waals surface area (Å²) in [6.45, 7) is 0.216. The fourth-order valence-corrected chi connectivity index (χ4v) is 0.969. The predicted octanol–water partition coefficient (Wildman–Crippen LogP) is 2.38. The van der Waals surface area contributed by atoms with Gasteiger partial charge in [0.05, 0.1) is 0 Å². The lowest BCUT2D eigenvalue weighted by Gasteiger charge is -2.01. The van der Waals surface area contributed by atoms with Crippen molar-refractivity contribution >= 4 is 0 Å². The van der Waals surface area contributed by atoms with Crippen molar-refractivity contribution < 1.29 is 9.50 Å². The van der Waals surface area contributed by atoms with Crippen molar-refractivity contribution in [2.45, 2.75) is 6.42 Å². The molecule has 0 aromatic heterocycles. The molecule has 1 aromatic carbocycles. The van der Waals surface area contributed by atoms with Crippen LogP contribution in [0.2, 0.25) is 0 Å². The van der Waals surface area contributed by atoms with Crippen LogP contribution < -0.4 is 0 Å². The SMILES string of the molecule is [N-]=[N+]=NCCc1cc(F)ccc1O. The third-order valence-electron chi connectivity index (χ3n) is 1.59. The molecule has 13 heavy (non-hydrogen) atoms. The van der Waals surface area contributed by atoms with E-state index in [1.165, 1.54) is 18.2 Å². The molecule has 0 unspecified atom stereocenters. The van der Waals surface area contributed by atoms with Crippen molar-refractivity contribution in [2.75, 3.05) is 6.54 Å². The van der Waals surface area contributed by atoms with Gasteiger partial charge in [-0.2, -0.15) is 0 Å². The molecule has 0 radical (unpaired) electrons. The number of phenols is 1. The molecule has 4 nitrogen and oxygen atoms in total. The van der Waals surface area contributed by atoms with Crippen LogP contribution in [0.4, 0.5) is 4.39 Å². The van der Waals surface area contributed by atoms with Gasteiger partial charge in [-0.25, -0.2) is 4.39 Å². The molecule has 1 aromatic rings. The smallest absolute Gasteiger partial charge is 0.123 e. The summed E-state index contributed by atoms with van der Waals surface area (Å²) in [5.74, 6) is -0.386. The quantitative estimate of drug-likeness (QED) is 0.434. The number of rotatable bonds is 3. The molecule has 0 aliphatic heterocycles. The van der Waals surface area contributed by atoms with E-state index in [1.807, 2.05) is 0 Å². The van der Waals surface area contributed by atoms with Crippen LogP contribution in [-0.2, 0) is 6.42 Å². The number of hydrogen-bond donors (Lipinski definition) is 1. The average Bonchev–Trinajstić information content (AvgIpc) is 2.11. The first-order valence-corrected chi connectivity index (χ1v) is 3.72. The summed E-state index contributed by atoms with van der Waals surface area (Å²) in [5, 5.41) is 12.5. The number of phenolic OH excluding ortho intramolecular Hbond substituents is 1. The summed E-state index contributed by atoms with van der Waals surface area (Å²) >= 11 is 0. The monoisotopic (exact) mass is 181 g/mol. The van der Waals surface area contributed by atoms with Crippen LogP contribution in [0.1, 0.15) is 5.56 Å². The van der Waals surface area contributed by atoms with E-state index in [0.29, 0.717) is 12.0 Å². The largest absolute Gasteiger partial charge is 0.508 e. The maximum absolute atomic E-state index is 12.6. The van der Waals surface area contributed by atoms with Gasteiger partial charge in [0.15, 0.2) is 0 Å². The van der Waals surface area contributed by atoms with E-state index in [9.17, 15) is 9.50 Å². The van der Waals surface area contributed by atoms with E-state index in [4.69, 9.17) is 5.53 Å². The normalized spacial score (nSPS) is 9.31. The Morgan fingerprint density at radius 1 is 1.54 bits per heavy atom. The maximum atomic E-state index is 12.6. The van der Waals surface area contributed by atoms with E-state index in [0.717, 1.165) is 0 Å². The number of nitrogens with zero attached hydrogens (tertiary/aromatic N) is 3. The Morgan fingerprint density at radius 2 is 2.31 bits per heavy atom. The second-order valence-electron chi connectivity index (χ2n) is 2.48. The zero-order chi connectivity index (χ0) is 9.68. The summed E-state index contributed by atoms with van der Waals surface area (Å²) in [6, 6.07) is 3.68. The van der Waals surface area contributed by atoms with Gasteiger partial charge in [-0.15, -0.1) is 0 Å². The molecule has 5 heteroatoms. The highest BCUT2D eigenvalue weighted by molar-refractivity contribution is 5.32. The second-order valence-corrected chi connectivity index (χ2v) is 2.48. The molecule has 0 saturated heterocycles. The lowest BCUT2D eigenvalue weighted by Crippen LogP contribution is -1.90. The molecule has 1 N–H and O–H groups in total. The third-order valence-corrected chi connectivity index (χ3v) is 1.59. The Hall–Kier alpha value is -1.74. The van der Waals surface area contributed by atoms with E-state index in [1.54, 1.807) is 0 Å². The zero-order valence-corrected chi connectivity index (χ0v) is 6.81. The van der Waals surface area contributed by atoms with Gasteiger partial charge >= 0.3 is 0 Å². The van der Waals surface area contributed by atoms with Gasteiger partial charge < -0.3 is 5.11 Å². The van der Waals surface area contributed by atoms with Crippen molar-refractivity contribution in [3.63, 3.8) is 0 Å². The molecule has 0 saturated carbocycles. The Kier molecular flexibility index (Phi) is 3.11. The summed E-state index contributed by atoms with van der Waals surface area (Å²) in [6.07, 6.45) is 0.341. The zero-order valence-electron chi connectivity index (χ0n) is 6.81. The Labute approximate surface area is 74.3 Å². The van der Waals surface area contributed by atoms with E-state index < -0.39 is 5.82 Å². The van der Waals surface area contributed by atoms with Crippen LogP contribution in [0.5, 0.6) is 5.75 Å². The predicted molar refractivity (Wildman–Crippen MR) is 45.8 cm³/mol. The van der Waals surface area contributed by atoms with Gasteiger partial charge in [0, 0.05) is 11.5 Å². The summed E-state index contributed by atoms with van der Waals surface area (Å²) in [7, 11) is 0. The fourth-order valence-electron chi connectivity index (χ4n) is 0.969. The van der Waals surface area contributed by atoms with Gasteiger partial charge in [-0.05, 0) is 35.7 Å². The lowest BCUT2D eigenvalue weighted by atomic mass is 10.1. The number of aromatic hydroxyl groups is 1. The minimum absolute atomic E-state index is 0.0227. The molecule has 0 atom stereocenters. The Morgan fingerprint density at radius 3 is 3.00 bits per heavy atom. The van der Waals surface area contributed by atoms with E-state index in [-0.39, 0.29) is 12.3 Å². The minimum Gasteiger partial charge on any atom is -0.508 e. The lowest BCUT2D eigenvalue weighted by molar-refractivity contribution is 0.465. The van der Waals surface area contributed by atoms with E-state index >= 15 is 0 Å². The number of hydrogen-bond acceptors (Lipinski definition) is 2. The number of azide groups is 1. The number of benzene rings is 1. The molecule has 0 fully saturated rings. The van der Waals surface area contributed by atoms with Gasteiger partial charge in [-0.3, -0.25) is 0 Å². The molecule has 0 bridgehead atoms. The first-order chi connectivity index (χ1) is 6.24. The van der Waals surface area contributed by atoms with Crippen LogP contribution in [-0.4, -0.2) is 11.7 Å². The third kappa shape index (κ3) is 2.65. The highest BCUT2D eigenvalue weighted by Crippen LogP contribution is 2.18. The summed E-state index contributed by atoms with van der Waals surface area (Å²) in [5.41, 5.74) is 8.44. The molecule has 0 spiro atoms. The summed E-state index contributed by atoms with van der Waals surface area (Å²) < 4.78 is 12.6. The van der Waals surface area contributed by atoms with Crippen molar-refractivity contribution in [3.05, 3.63) is 40.0 Å². The molecule has 1 rings (SSSR count). The van der Waals surface area contributed by atoms with Crippen LogP contribution in [0.25, 0.3) is 10.4 Å². The molecule has 68 valence electrons. The molecule has 0 heterocycles. The second kappa shape index (κ2) is 4.33. The number of halogens is 1. The standard InChI is InChI=1S/C8H8FN3O/c9-7-1-2-8(13)6(5-7)3-4-11-12-10/h1-2,5,13H,3-4H2. The topological polar surface area (TPSA) is 69.0 Å². The van der Waals surface area contributed by atoms with Gasteiger partial charge in [-0.1, -0.05) is 5.11 Å². The highest BCUT2D eigenvalue weighted by atomic mass is 19.1. The molecular weight excluding hydrogens is 173 g/mol. The summed E-state index contributed by atoms with van der Waals surface area (Å²) in [4.78, 5) is 2.55. The Bertz CT molecular complexity index is 347. The first-order valence-electron chi connectivity index (χ1n) is 3.72. The molecular formula is C8H8FN3O. The van der Waals surface area contributed by atoms with Crippen LogP contribution in [0, 0.1) is 5.82 Å². The van der Waals surface area contributed by atoms with Gasteiger partial charge in [0.2, 0.25) is 0 Å². The molecule has 0 aliphatic carbocycles. The van der Waals surface area contributed by atoms with Gasteiger partial charge in [0.25, 0.3) is 0 Å². The van der Waals surface area contributed by atoms with Crippen molar-refractivity contribution in [3.8, 4) is 5.75 Å². The molecule has 0 amide bonds. The Balaban J connectivity index is 2.75. The van der Waals surface area contributed by atoms with Crippen LogP contribution in [0.15, 0.2) is 23.3 Å². The van der Waals surface area contributed by atoms with Crippen LogP contribution in [0.3, 0.4) is 0 Å². The average molecular weight is 181 g/mol. The van der Waals surface area contributed by atoms with Gasteiger partial charge in [0.1, 0.15) is 11.6 Å². The minimum atomic E-state index is -0.409. The fraction of sp³-hybridized carbons (Fsp3) is 0.250. The first kappa shape index (κ1) is 9.35. The maximum Gasteiger partial charge on any atom is 0.123 e. The van der Waals surface area contributed by atoms with Crippen molar-refractivity contribution in [1.82, 2.24) is 0 Å². The molecule has 0 aliphatic rings. The van der Waals surface area contributed by atoms with Crippen LogP contribution >= 0.6 is 0 Å².